The van der Waals surface area contributed by atoms with Crippen molar-refractivity contribution < 1.29 is 14.3 Å². The molecule has 1 amide bonds. The van der Waals surface area contributed by atoms with Crippen LogP contribution in [-0.2, 0) is 0 Å². The molecule has 3 aromatic carbocycles. The molecule has 1 unspecified atom stereocenters. The average molecular weight is 443 g/mol. The number of benzene rings is 3. The molecule has 1 atom stereocenters. The first-order valence-corrected chi connectivity index (χ1v) is 10.8. The van der Waals surface area contributed by atoms with Gasteiger partial charge in [-0.2, -0.15) is 5.10 Å². The fourth-order valence-corrected chi connectivity index (χ4v) is 3.43. The molecule has 0 aliphatic heterocycles. The molecule has 168 valence electrons. The lowest BCUT2D eigenvalue weighted by Gasteiger charge is -2.26. The lowest BCUT2D eigenvalue weighted by atomic mass is 10.1. The molecule has 0 bridgehead atoms. The van der Waals surface area contributed by atoms with Crippen molar-refractivity contribution in [1.82, 2.24) is 19.7 Å². The van der Waals surface area contributed by atoms with Crippen molar-refractivity contribution in [2.45, 2.75) is 13.0 Å². The first-order chi connectivity index (χ1) is 16.1. The SMILES string of the molecule is CC(c1ccc(-n2cncn2)cc1)N(C)C(=O)c1ccccc1OCCOc1ccccc1. The Hall–Kier alpha value is -4.13. The summed E-state index contributed by atoms with van der Waals surface area (Å²) in [6.07, 6.45) is 3.15. The van der Waals surface area contributed by atoms with Gasteiger partial charge in [0.05, 0.1) is 17.3 Å². The van der Waals surface area contributed by atoms with Gasteiger partial charge in [-0.15, -0.1) is 0 Å². The predicted octanol–water partition coefficient (Wildman–Crippen LogP) is 4.56. The van der Waals surface area contributed by atoms with Gasteiger partial charge in [0.15, 0.2) is 0 Å². The van der Waals surface area contributed by atoms with Gasteiger partial charge in [0, 0.05) is 7.05 Å². The van der Waals surface area contributed by atoms with E-state index >= 15 is 0 Å². The molecule has 0 fully saturated rings. The molecule has 7 heteroatoms. The number of amides is 1. The molecule has 0 saturated heterocycles. The van der Waals surface area contributed by atoms with Gasteiger partial charge in [-0.25, -0.2) is 9.67 Å². The number of para-hydroxylation sites is 2. The quantitative estimate of drug-likeness (QED) is 0.356. The van der Waals surface area contributed by atoms with Gasteiger partial charge in [0.2, 0.25) is 0 Å². The van der Waals surface area contributed by atoms with Crippen molar-refractivity contribution in [3.8, 4) is 17.2 Å². The van der Waals surface area contributed by atoms with E-state index in [0.717, 1.165) is 17.0 Å². The van der Waals surface area contributed by atoms with Crippen molar-refractivity contribution in [2.24, 2.45) is 0 Å². The lowest BCUT2D eigenvalue weighted by molar-refractivity contribution is 0.0737. The zero-order valence-electron chi connectivity index (χ0n) is 18.7. The largest absolute Gasteiger partial charge is 0.490 e. The van der Waals surface area contributed by atoms with Crippen molar-refractivity contribution in [1.29, 1.82) is 0 Å². The number of rotatable bonds is 9. The third kappa shape index (κ3) is 5.38. The summed E-state index contributed by atoms with van der Waals surface area (Å²) >= 11 is 0. The van der Waals surface area contributed by atoms with Crippen LogP contribution in [0.5, 0.6) is 11.5 Å². The van der Waals surface area contributed by atoms with Gasteiger partial charge >= 0.3 is 0 Å². The number of aromatic nitrogens is 3. The number of hydrogen-bond acceptors (Lipinski definition) is 5. The Bertz CT molecular complexity index is 1160. The van der Waals surface area contributed by atoms with Crippen LogP contribution < -0.4 is 9.47 Å². The van der Waals surface area contributed by atoms with Crippen LogP contribution >= 0.6 is 0 Å². The second-order valence-corrected chi connectivity index (χ2v) is 7.53. The van der Waals surface area contributed by atoms with Crippen LogP contribution in [0, 0.1) is 0 Å². The zero-order chi connectivity index (χ0) is 23.0. The minimum Gasteiger partial charge on any atom is -0.490 e. The fraction of sp³-hybridized carbons (Fsp3) is 0.192. The third-order valence-electron chi connectivity index (χ3n) is 5.43. The van der Waals surface area contributed by atoms with E-state index in [0.29, 0.717) is 24.5 Å². The molecule has 1 heterocycles. The van der Waals surface area contributed by atoms with Gasteiger partial charge in [-0.3, -0.25) is 4.79 Å². The molecule has 4 aromatic rings. The Morgan fingerprint density at radius 1 is 0.939 bits per heavy atom. The monoisotopic (exact) mass is 442 g/mol. The highest BCUT2D eigenvalue weighted by molar-refractivity contribution is 5.97. The molecule has 0 N–H and O–H groups in total. The second-order valence-electron chi connectivity index (χ2n) is 7.53. The molecule has 0 radical (unpaired) electrons. The van der Waals surface area contributed by atoms with Crippen LogP contribution in [0.1, 0.15) is 28.9 Å². The van der Waals surface area contributed by atoms with E-state index in [4.69, 9.17) is 9.47 Å². The van der Waals surface area contributed by atoms with Crippen LogP contribution in [0.25, 0.3) is 5.69 Å². The molecule has 0 aliphatic rings. The summed E-state index contributed by atoms with van der Waals surface area (Å²) in [6.45, 7) is 2.72. The summed E-state index contributed by atoms with van der Waals surface area (Å²) in [6, 6.07) is 24.6. The Labute approximate surface area is 193 Å². The van der Waals surface area contributed by atoms with E-state index < -0.39 is 0 Å². The van der Waals surface area contributed by atoms with Gasteiger partial charge in [-0.05, 0) is 48.9 Å². The number of ether oxygens (including phenoxy) is 2. The van der Waals surface area contributed by atoms with E-state index in [-0.39, 0.29) is 11.9 Å². The second kappa shape index (κ2) is 10.5. The summed E-state index contributed by atoms with van der Waals surface area (Å²) in [5.41, 5.74) is 2.45. The Morgan fingerprint density at radius 3 is 2.36 bits per heavy atom. The maximum atomic E-state index is 13.3. The topological polar surface area (TPSA) is 69.5 Å². The number of carbonyl (C=O) groups excluding carboxylic acids is 1. The first kappa shape index (κ1) is 22.1. The molecule has 0 aliphatic carbocycles. The number of nitrogens with zero attached hydrogens (tertiary/aromatic N) is 4. The number of hydrogen-bond donors (Lipinski definition) is 0. The van der Waals surface area contributed by atoms with E-state index in [1.807, 2.05) is 73.7 Å². The van der Waals surface area contributed by atoms with E-state index in [2.05, 4.69) is 10.1 Å². The Morgan fingerprint density at radius 2 is 1.64 bits per heavy atom. The standard InChI is InChI=1S/C26H26N4O3/c1-20(21-12-14-22(15-13-21)30-19-27-18-28-30)29(2)26(31)24-10-6-7-11-25(24)33-17-16-32-23-8-4-3-5-9-23/h3-15,18-20H,16-17H2,1-2H3. The van der Waals surface area contributed by atoms with Crippen LogP contribution in [0.2, 0.25) is 0 Å². The Balaban J connectivity index is 1.39. The molecule has 7 nitrogen and oxygen atoms in total. The molecular formula is C26H26N4O3. The number of carbonyl (C=O) groups is 1. The molecule has 1 aromatic heterocycles. The zero-order valence-corrected chi connectivity index (χ0v) is 18.7. The summed E-state index contributed by atoms with van der Waals surface area (Å²) < 4.78 is 13.3. The normalized spacial score (nSPS) is 11.6. The van der Waals surface area contributed by atoms with E-state index in [9.17, 15) is 4.79 Å². The summed E-state index contributed by atoms with van der Waals surface area (Å²) in [4.78, 5) is 19.0. The highest BCUT2D eigenvalue weighted by Crippen LogP contribution is 2.26. The molecule has 0 saturated carbocycles. The summed E-state index contributed by atoms with van der Waals surface area (Å²) in [5.74, 6) is 1.22. The molecule has 33 heavy (non-hydrogen) atoms. The molecule has 4 rings (SSSR count). The minimum atomic E-state index is -0.128. The summed E-state index contributed by atoms with van der Waals surface area (Å²) in [5, 5.41) is 4.14. The maximum Gasteiger partial charge on any atom is 0.257 e. The van der Waals surface area contributed by atoms with E-state index in [1.54, 1.807) is 35.1 Å². The van der Waals surface area contributed by atoms with Crippen LogP contribution in [0.4, 0.5) is 0 Å². The van der Waals surface area contributed by atoms with Crippen molar-refractivity contribution in [3.05, 3.63) is 103 Å². The van der Waals surface area contributed by atoms with Crippen LogP contribution in [0.15, 0.2) is 91.5 Å². The highest BCUT2D eigenvalue weighted by atomic mass is 16.5. The average Bonchev–Trinajstić information content (AvgIpc) is 3.41. The predicted molar refractivity (Wildman–Crippen MR) is 126 cm³/mol. The fourth-order valence-electron chi connectivity index (χ4n) is 3.43. The van der Waals surface area contributed by atoms with Crippen molar-refractivity contribution in [3.63, 3.8) is 0 Å². The van der Waals surface area contributed by atoms with E-state index in [1.165, 1.54) is 6.33 Å². The maximum absolute atomic E-state index is 13.3. The third-order valence-corrected chi connectivity index (χ3v) is 5.43. The summed E-state index contributed by atoms with van der Waals surface area (Å²) in [7, 11) is 1.80. The molecule has 0 spiro atoms. The van der Waals surface area contributed by atoms with Gasteiger partial charge in [0.1, 0.15) is 37.4 Å². The first-order valence-electron chi connectivity index (χ1n) is 10.8. The lowest BCUT2D eigenvalue weighted by Crippen LogP contribution is -2.30. The minimum absolute atomic E-state index is 0.109. The molecular weight excluding hydrogens is 416 g/mol. The van der Waals surface area contributed by atoms with Crippen LogP contribution in [-0.4, -0.2) is 45.8 Å². The van der Waals surface area contributed by atoms with Gasteiger partial charge in [0.25, 0.3) is 5.91 Å². The van der Waals surface area contributed by atoms with Crippen molar-refractivity contribution in [2.75, 3.05) is 20.3 Å². The van der Waals surface area contributed by atoms with Gasteiger partial charge < -0.3 is 14.4 Å². The smallest absolute Gasteiger partial charge is 0.257 e. The van der Waals surface area contributed by atoms with Gasteiger partial charge in [-0.1, -0.05) is 42.5 Å². The van der Waals surface area contributed by atoms with Crippen LogP contribution in [0.3, 0.4) is 0 Å². The Kier molecular flexibility index (Phi) is 6.99. The van der Waals surface area contributed by atoms with Crippen molar-refractivity contribution >= 4 is 5.91 Å². The highest BCUT2D eigenvalue weighted by Gasteiger charge is 2.22.